The molecule has 0 unspecified atom stereocenters. The lowest BCUT2D eigenvalue weighted by atomic mass is 10.2. The standard InChI is InChI=1S/C23H23N5O2S/c1-17-20(24-21(30-17)18-8-4-2-5-9-18)16-31-23-26-25-22(27-12-14-29-15-13-27)28(23)19-10-6-3-7-11-19/h2-11H,12-16H2,1H3. The maximum absolute atomic E-state index is 5.91. The van der Waals surface area contributed by atoms with Crippen molar-refractivity contribution in [1.82, 2.24) is 19.7 Å². The molecule has 0 bridgehead atoms. The molecule has 3 heterocycles. The topological polar surface area (TPSA) is 69.2 Å². The van der Waals surface area contributed by atoms with Crippen molar-refractivity contribution in [1.29, 1.82) is 0 Å². The van der Waals surface area contributed by atoms with Gasteiger partial charge in [0.05, 0.1) is 24.6 Å². The maximum atomic E-state index is 5.91. The number of aromatic nitrogens is 4. The number of thioether (sulfide) groups is 1. The minimum atomic E-state index is 0.646. The third-order valence-electron chi connectivity index (χ3n) is 5.18. The molecule has 5 rings (SSSR count). The molecule has 2 aromatic heterocycles. The maximum Gasteiger partial charge on any atom is 0.232 e. The van der Waals surface area contributed by atoms with Crippen molar-refractivity contribution in [2.75, 3.05) is 31.2 Å². The fourth-order valence-corrected chi connectivity index (χ4v) is 4.47. The van der Waals surface area contributed by atoms with Crippen molar-refractivity contribution in [3.8, 4) is 17.1 Å². The van der Waals surface area contributed by atoms with Crippen LogP contribution in [0.3, 0.4) is 0 Å². The molecule has 0 amide bonds. The van der Waals surface area contributed by atoms with E-state index >= 15 is 0 Å². The second-order valence-corrected chi connectivity index (χ2v) is 8.17. The number of aryl methyl sites for hydroxylation is 1. The molecule has 1 saturated heterocycles. The van der Waals surface area contributed by atoms with Gasteiger partial charge in [0, 0.05) is 24.4 Å². The second-order valence-electron chi connectivity index (χ2n) is 7.23. The number of anilines is 1. The number of morpholine rings is 1. The van der Waals surface area contributed by atoms with Gasteiger partial charge in [-0.2, -0.15) is 0 Å². The minimum absolute atomic E-state index is 0.646. The minimum Gasteiger partial charge on any atom is -0.441 e. The van der Waals surface area contributed by atoms with Crippen LogP contribution in [0.15, 0.2) is 70.2 Å². The van der Waals surface area contributed by atoms with E-state index in [1.54, 1.807) is 11.8 Å². The summed E-state index contributed by atoms with van der Waals surface area (Å²) < 4.78 is 13.5. The van der Waals surface area contributed by atoms with Crippen LogP contribution in [0.1, 0.15) is 11.5 Å². The summed E-state index contributed by atoms with van der Waals surface area (Å²) in [6, 6.07) is 20.2. The lowest BCUT2D eigenvalue weighted by molar-refractivity contribution is 0.122. The Morgan fingerprint density at radius 2 is 1.65 bits per heavy atom. The molecule has 0 aliphatic carbocycles. The normalized spacial score (nSPS) is 14.2. The Bertz CT molecular complexity index is 1140. The van der Waals surface area contributed by atoms with Gasteiger partial charge < -0.3 is 14.1 Å². The summed E-state index contributed by atoms with van der Waals surface area (Å²) in [4.78, 5) is 6.95. The summed E-state index contributed by atoms with van der Waals surface area (Å²) in [6.45, 7) is 4.96. The summed E-state index contributed by atoms with van der Waals surface area (Å²) in [5.74, 6) is 2.97. The van der Waals surface area contributed by atoms with Crippen LogP contribution in [0.5, 0.6) is 0 Å². The van der Waals surface area contributed by atoms with Crippen LogP contribution < -0.4 is 4.90 Å². The molecule has 1 aliphatic rings. The van der Waals surface area contributed by atoms with Gasteiger partial charge in [0.1, 0.15) is 5.76 Å². The highest BCUT2D eigenvalue weighted by Crippen LogP contribution is 2.31. The largest absolute Gasteiger partial charge is 0.441 e. The van der Waals surface area contributed by atoms with Crippen LogP contribution in [0.25, 0.3) is 17.1 Å². The van der Waals surface area contributed by atoms with Crippen molar-refractivity contribution in [2.45, 2.75) is 17.8 Å². The lowest BCUT2D eigenvalue weighted by Crippen LogP contribution is -2.37. The third-order valence-corrected chi connectivity index (χ3v) is 6.12. The Morgan fingerprint density at radius 3 is 2.39 bits per heavy atom. The van der Waals surface area contributed by atoms with Gasteiger partial charge in [-0.15, -0.1) is 10.2 Å². The van der Waals surface area contributed by atoms with Crippen LogP contribution in [0.4, 0.5) is 5.95 Å². The first kappa shape index (κ1) is 19.8. The smallest absolute Gasteiger partial charge is 0.232 e. The molecule has 8 heteroatoms. The first-order valence-electron chi connectivity index (χ1n) is 10.3. The molecule has 31 heavy (non-hydrogen) atoms. The predicted molar refractivity (Wildman–Crippen MR) is 121 cm³/mol. The van der Waals surface area contributed by atoms with Gasteiger partial charge in [-0.25, -0.2) is 4.98 Å². The lowest BCUT2D eigenvalue weighted by Gasteiger charge is -2.27. The van der Waals surface area contributed by atoms with Crippen LogP contribution in [-0.4, -0.2) is 46.1 Å². The van der Waals surface area contributed by atoms with E-state index in [0.29, 0.717) is 24.9 Å². The molecule has 2 aromatic carbocycles. The van der Waals surface area contributed by atoms with Crippen LogP contribution in [0.2, 0.25) is 0 Å². The average Bonchev–Trinajstić information content (AvgIpc) is 3.43. The predicted octanol–water partition coefficient (Wildman–Crippen LogP) is 4.36. The Balaban J connectivity index is 1.42. The number of ether oxygens (including phenoxy) is 1. The Morgan fingerprint density at radius 1 is 0.935 bits per heavy atom. The van der Waals surface area contributed by atoms with Crippen molar-refractivity contribution >= 4 is 17.7 Å². The van der Waals surface area contributed by atoms with Crippen LogP contribution in [-0.2, 0) is 10.5 Å². The number of para-hydroxylation sites is 1. The molecule has 0 N–H and O–H groups in total. The SMILES string of the molecule is Cc1oc(-c2ccccc2)nc1CSc1nnc(N2CCOCC2)n1-c1ccccc1. The number of hydrogen-bond acceptors (Lipinski definition) is 7. The molecule has 1 fully saturated rings. The molecule has 1 aliphatic heterocycles. The summed E-state index contributed by atoms with van der Waals surface area (Å²) in [5.41, 5.74) is 2.93. The number of oxazole rings is 1. The molecule has 0 radical (unpaired) electrons. The van der Waals surface area contributed by atoms with E-state index in [1.807, 2.05) is 55.5 Å². The zero-order valence-corrected chi connectivity index (χ0v) is 18.1. The average molecular weight is 434 g/mol. The van der Waals surface area contributed by atoms with Crippen molar-refractivity contribution in [3.63, 3.8) is 0 Å². The van der Waals surface area contributed by atoms with Gasteiger partial charge in [0.25, 0.3) is 0 Å². The van der Waals surface area contributed by atoms with Gasteiger partial charge in [0.2, 0.25) is 11.8 Å². The third kappa shape index (κ3) is 4.22. The first-order chi connectivity index (χ1) is 15.3. The van der Waals surface area contributed by atoms with Crippen molar-refractivity contribution < 1.29 is 9.15 Å². The monoisotopic (exact) mass is 433 g/mol. The fraction of sp³-hybridized carbons (Fsp3) is 0.261. The van der Waals surface area contributed by atoms with Crippen LogP contribution in [0, 0.1) is 6.92 Å². The second kappa shape index (κ2) is 8.95. The fourth-order valence-electron chi connectivity index (χ4n) is 3.53. The molecule has 7 nitrogen and oxygen atoms in total. The van der Waals surface area contributed by atoms with Gasteiger partial charge >= 0.3 is 0 Å². The Kier molecular flexibility index (Phi) is 5.73. The zero-order chi connectivity index (χ0) is 21.0. The molecular weight excluding hydrogens is 410 g/mol. The number of benzene rings is 2. The molecule has 4 aromatic rings. The number of rotatable bonds is 6. The van der Waals surface area contributed by atoms with Gasteiger partial charge in [-0.3, -0.25) is 4.57 Å². The number of nitrogens with zero attached hydrogens (tertiary/aromatic N) is 5. The first-order valence-corrected chi connectivity index (χ1v) is 11.3. The van der Waals surface area contributed by atoms with E-state index in [4.69, 9.17) is 14.1 Å². The highest BCUT2D eigenvalue weighted by atomic mass is 32.2. The highest BCUT2D eigenvalue weighted by molar-refractivity contribution is 7.98. The molecule has 158 valence electrons. The van der Waals surface area contributed by atoms with E-state index in [2.05, 4.69) is 31.8 Å². The Labute approximate surface area is 185 Å². The van der Waals surface area contributed by atoms with Crippen molar-refractivity contribution in [2.24, 2.45) is 0 Å². The summed E-state index contributed by atoms with van der Waals surface area (Å²) in [5, 5.41) is 9.86. The van der Waals surface area contributed by atoms with E-state index in [-0.39, 0.29) is 0 Å². The van der Waals surface area contributed by atoms with Gasteiger partial charge in [-0.05, 0) is 31.2 Å². The Hall–Kier alpha value is -3.10. The summed E-state index contributed by atoms with van der Waals surface area (Å²) >= 11 is 1.61. The molecule has 0 atom stereocenters. The van der Waals surface area contributed by atoms with E-state index in [9.17, 15) is 0 Å². The summed E-state index contributed by atoms with van der Waals surface area (Å²) in [6.07, 6.45) is 0. The molecular formula is C23H23N5O2S. The van der Waals surface area contributed by atoms with Crippen LogP contribution >= 0.6 is 11.8 Å². The molecule has 0 saturated carbocycles. The van der Waals surface area contributed by atoms with Gasteiger partial charge in [0.15, 0.2) is 5.16 Å². The molecule has 0 spiro atoms. The van der Waals surface area contributed by atoms with E-state index in [1.165, 1.54) is 0 Å². The summed E-state index contributed by atoms with van der Waals surface area (Å²) in [7, 11) is 0. The van der Waals surface area contributed by atoms with Crippen molar-refractivity contribution in [3.05, 3.63) is 72.1 Å². The highest BCUT2D eigenvalue weighted by Gasteiger charge is 2.22. The van der Waals surface area contributed by atoms with E-state index in [0.717, 1.165) is 46.9 Å². The van der Waals surface area contributed by atoms with Gasteiger partial charge in [-0.1, -0.05) is 48.2 Å². The zero-order valence-electron chi connectivity index (χ0n) is 17.3. The number of hydrogen-bond donors (Lipinski definition) is 0. The quantitative estimate of drug-likeness (QED) is 0.419. The van der Waals surface area contributed by atoms with E-state index < -0.39 is 0 Å².